The van der Waals surface area contributed by atoms with Crippen molar-refractivity contribution in [2.75, 3.05) is 13.4 Å². The number of halogens is 5. The number of methoxy groups -OCH3 is 1. The first-order valence-corrected chi connectivity index (χ1v) is 11.6. The Morgan fingerprint density at radius 1 is 1.16 bits per heavy atom. The van der Waals surface area contributed by atoms with Crippen LogP contribution in [0.2, 0.25) is 10.0 Å². The van der Waals surface area contributed by atoms with Crippen molar-refractivity contribution in [3.05, 3.63) is 68.7 Å². The maximum absolute atomic E-state index is 14.5. The van der Waals surface area contributed by atoms with E-state index >= 15 is 0 Å². The van der Waals surface area contributed by atoms with E-state index in [-0.39, 0.29) is 21.2 Å². The van der Waals surface area contributed by atoms with E-state index in [4.69, 9.17) is 28.0 Å². The quantitative estimate of drug-likeness (QED) is 0.558. The third-order valence-corrected chi connectivity index (χ3v) is 6.82. The second kappa shape index (κ2) is 8.24. The van der Waals surface area contributed by atoms with Gasteiger partial charge in [-0.1, -0.05) is 34.4 Å². The largest absolute Gasteiger partial charge is 0.465 e. The molecule has 12 heteroatoms. The van der Waals surface area contributed by atoms with Crippen molar-refractivity contribution in [1.29, 1.82) is 0 Å². The fraction of sp³-hybridized carbons (Fsp3) is 0.300. The van der Waals surface area contributed by atoms with E-state index < -0.39 is 44.1 Å². The zero-order chi connectivity index (χ0) is 24.1. The van der Waals surface area contributed by atoms with Gasteiger partial charge in [0.25, 0.3) is 5.60 Å². The summed E-state index contributed by atoms with van der Waals surface area (Å²) in [6.45, 7) is 1.52. The van der Waals surface area contributed by atoms with Gasteiger partial charge in [-0.25, -0.2) is 13.2 Å². The molecule has 2 unspecified atom stereocenters. The van der Waals surface area contributed by atoms with Gasteiger partial charge >= 0.3 is 12.1 Å². The average molecular weight is 510 g/mol. The number of hydrogen-bond donors (Lipinski definition) is 0. The number of esters is 1. The predicted octanol–water partition coefficient (Wildman–Crippen LogP) is 4.69. The first kappa shape index (κ1) is 24.3. The Bertz CT molecular complexity index is 1210. The number of oxime groups is 1. The summed E-state index contributed by atoms with van der Waals surface area (Å²) in [5.41, 5.74) is -3.93. The number of aryl methyl sites for hydroxylation is 1. The lowest BCUT2D eigenvalue weighted by atomic mass is 9.85. The summed E-state index contributed by atoms with van der Waals surface area (Å²) in [5, 5.41) is 1.01. The number of ether oxygens (including phenoxy) is 1. The molecule has 1 heterocycles. The van der Waals surface area contributed by atoms with Gasteiger partial charge in [0.2, 0.25) is 0 Å². The van der Waals surface area contributed by atoms with Crippen LogP contribution in [0.3, 0.4) is 0 Å². The van der Waals surface area contributed by atoms with Crippen molar-refractivity contribution in [2.24, 2.45) is 5.16 Å². The van der Waals surface area contributed by atoms with Crippen molar-refractivity contribution >= 4 is 44.7 Å². The van der Waals surface area contributed by atoms with Crippen LogP contribution < -0.4 is 0 Å². The van der Waals surface area contributed by atoms with E-state index in [0.717, 1.165) is 12.1 Å². The van der Waals surface area contributed by atoms with E-state index in [1.54, 1.807) is 0 Å². The molecule has 32 heavy (non-hydrogen) atoms. The molecule has 2 aromatic carbocycles. The van der Waals surface area contributed by atoms with Crippen LogP contribution in [0.4, 0.5) is 13.2 Å². The van der Waals surface area contributed by atoms with Crippen molar-refractivity contribution in [3.63, 3.8) is 0 Å². The summed E-state index contributed by atoms with van der Waals surface area (Å²) in [4.78, 5) is 16.7. The molecular formula is C20H16Cl2F3NO5S. The molecule has 1 aliphatic heterocycles. The molecule has 2 aromatic rings. The van der Waals surface area contributed by atoms with Crippen LogP contribution in [0.15, 0.2) is 41.6 Å². The molecule has 172 valence electrons. The summed E-state index contributed by atoms with van der Waals surface area (Å²) in [6, 6.07) is 6.99. The Morgan fingerprint density at radius 2 is 1.75 bits per heavy atom. The van der Waals surface area contributed by atoms with E-state index in [1.165, 1.54) is 38.3 Å². The molecule has 1 aliphatic rings. The highest BCUT2D eigenvalue weighted by molar-refractivity contribution is 7.92. The van der Waals surface area contributed by atoms with Crippen LogP contribution in [0.5, 0.6) is 0 Å². The van der Waals surface area contributed by atoms with Crippen molar-refractivity contribution in [2.45, 2.75) is 24.0 Å². The Morgan fingerprint density at radius 3 is 2.22 bits per heavy atom. The molecule has 0 aromatic heterocycles. The van der Waals surface area contributed by atoms with E-state index in [0.29, 0.717) is 11.8 Å². The van der Waals surface area contributed by atoms with Crippen LogP contribution in [0.25, 0.3) is 0 Å². The van der Waals surface area contributed by atoms with Crippen molar-refractivity contribution in [1.82, 2.24) is 0 Å². The minimum absolute atomic E-state index is 0.0322. The highest BCUT2D eigenvalue weighted by Gasteiger charge is 2.71. The van der Waals surface area contributed by atoms with Crippen LogP contribution in [-0.4, -0.2) is 44.9 Å². The summed E-state index contributed by atoms with van der Waals surface area (Å²) >= 11 is 11.8. The number of sulfone groups is 1. The standard InChI is InChI=1S/C20H16Cl2F3NO5S/c1-10-6-11(4-5-15(10)18(27)30-2)16-17(32(3,28)29)19(31-26-16,20(23,24)25)12-7-13(21)9-14(22)8-12/h4-9,17H,1-3H3. The molecule has 0 aliphatic carbocycles. The predicted molar refractivity (Wildman–Crippen MR) is 113 cm³/mol. The van der Waals surface area contributed by atoms with Crippen LogP contribution in [0, 0.1) is 6.92 Å². The monoisotopic (exact) mass is 509 g/mol. The number of rotatable bonds is 4. The molecule has 6 nitrogen and oxygen atoms in total. The molecule has 0 bridgehead atoms. The van der Waals surface area contributed by atoms with E-state index in [1.807, 2.05) is 0 Å². The lowest BCUT2D eigenvalue weighted by Crippen LogP contribution is -2.55. The van der Waals surface area contributed by atoms with E-state index in [2.05, 4.69) is 9.89 Å². The molecule has 0 saturated carbocycles. The van der Waals surface area contributed by atoms with Gasteiger partial charge in [-0.3, -0.25) is 0 Å². The van der Waals surface area contributed by atoms with Crippen molar-refractivity contribution in [3.8, 4) is 0 Å². The third-order valence-electron chi connectivity index (χ3n) is 4.97. The SMILES string of the molecule is COC(=O)c1ccc(C2=NOC(c3cc(Cl)cc(Cl)c3)(C(F)(F)F)C2S(C)(=O)=O)cc1C. The fourth-order valence-corrected chi connectivity index (χ4v) is 5.64. The van der Waals surface area contributed by atoms with Gasteiger partial charge in [-0.2, -0.15) is 13.2 Å². The molecule has 2 atom stereocenters. The molecule has 0 radical (unpaired) electrons. The normalized spacial score (nSPS) is 21.1. The van der Waals surface area contributed by atoms with Gasteiger partial charge in [0.05, 0.1) is 12.7 Å². The smallest absolute Gasteiger partial charge is 0.437 e. The molecule has 3 rings (SSSR count). The molecular weight excluding hydrogens is 494 g/mol. The second-order valence-electron chi connectivity index (χ2n) is 7.19. The summed E-state index contributed by atoms with van der Waals surface area (Å²) in [6.07, 6.45) is -4.56. The minimum Gasteiger partial charge on any atom is -0.465 e. The zero-order valence-electron chi connectivity index (χ0n) is 16.8. The Kier molecular flexibility index (Phi) is 6.27. The maximum atomic E-state index is 14.5. The molecule has 0 fully saturated rings. The van der Waals surface area contributed by atoms with Crippen LogP contribution in [-0.2, 0) is 25.0 Å². The third kappa shape index (κ3) is 4.06. The van der Waals surface area contributed by atoms with Crippen LogP contribution >= 0.6 is 23.2 Å². The highest BCUT2D eigenvalue weighted by Crippen LogP contribution is 2.52. The fourth-order valence-electron chi connectivity index (χ4n) is 3.62. The number of carbonyl (C=O) groups excluding carboxylic acids is 1. The second-order valence-corrected chi connectivity index (χ2v) is 10.2. The Hall–Kier alpha value is -2.30. The van der Waals surface area contributed by atoms with Gasteiger partial charge in [-0.05, 0) is 42.8 Å². The lowest BCUT2D eigenvalue weighted by Gasteiger charge is -2.34. The first-order chi connectivity index (χ1) is 14.7. The molecule has 0 spiro atoms. The molecule has 0 amide bonds. The Labute approximate surface area is 191 Å². The van der Waals surface area contributed by atoms with Crippen LogP contribution in [0.1, 0.15) is 27.0 Å². The van der Waals surface area contributed by atoms with E-state index in [9.17, 15) is 26.4 Å². The van der Waals surface area contributed by atoms with Gasteiger partial charge in [-0.15, -0.1) is 0 Å². The Balaban J connectivity index is 2.26. The first-order valence-electron chi connectivity index (χ1n) is 8.90. The number of benzene rings is 2. The minimum atomic E-state index is -5.22. The van der Waals surface area contributed by atoms with Gasteiger partial charge in [0.1, 0.15) is 5.71 Å². The highest BCUT2D eigenvalue weighted by atomic mass is 35.5. The number of alkyl halides is 3. The van der Waals surface area contributed by atoms with Gasteiger partial charge < -0.3 is 9.57 Å². The summed E-state index contributed by atoms with van der Waals surface area (Å²) in [7, 11) is -3.28. The van der Waals surface area contributed by atoms with Crippen molar-refractivity contribution < 1.29 is 36.0 Å². The number of hydrogen-bond acceptors (Lipinski definition) is 6. The summed E-state index contributed by atoms with van der Waals surface area (Å²) < 4.78 is 73.7. The lowest BCUT2D eigenvalue weighted by molar-refractivity contribution is -0.274. The zero-order valence-corrected chi connectivity index (χ0v) is 19.2. The van der Waals surface area contributed by atoms with Gasteiger partial charge in [0, 0.05) is 27.4 Å². The average Bonchev–Trinajstić information content (AvgIpc) is 3.09. The number of nitrogens with zero attached hydrogens (tertiary/aromatic N) is 1. The van der Waals surface area contributed by atoms with Gasteiger partial charge in [0.15, 0.2) is 15.1 Å². The number of carbonyl (C=O) groups is 1. The maximum Gasteiger partial charge on any atom is 0.437 e. The molecule has 0 saturated heterocycles. The summed E-state index contributed by atoms with van der Waals surface area (Å²) in [5.74, 6) is -0.656. The molecule has 0 N–H and O–H groups in total. The topological polar surface area (TPSA) is 82.0 Å².